The van der Waals surface area contributed by atoms with E-state index >= 15 is 0 Å². The van der Waals surface area contributed by atoms with Crippen molar-refractivity contribution in [3.8, 4) is 0 Å². The Morgan fingerprint density at radius 1 is 0.862 bits per heavy atom. The van der Waals surface area contributed by atoms with Crippen molar-refractivity contribution in [3.05, 3.63) is 89.9 Å². The highest BCUT2D eigenvalue weighted by molar-refractivity contribution is 6.02. The standard InChI is InChI=1S/C23H24N2O4/c26-22(24-14-5-15-28-17-13-18-6-2-1-3-7-18)19-9-11-20(12-10-19)25-23(27)21-8-4-16-29-21/h1-4,6-12,16H,5,13-15,17H2,(H,24,26)(H,25,27). The molecule has 1 aromatic heterocycles. The number of benzene rings is 2. The Hall–Kier alpha value is -3.38. The van der Waals surface area contributed by atoms with E-state index in [0.717, 1.165) is 12.8 Å². The summed E-state index contributed by atoms with van der Waals surface area (Å²) in [5.41, 5.74) is 2.38. The van der Waals surface area contributed by atoms with E-state index in [2.05, 4.69) is 22.8 Å². The highest BCUT2D eigenvalue weighted by atomic mass is 16.5. The molecule has 0 atom stereocenters. The maximum atomic E-state index is 12.2. The largest absolute Gasteiger partial charge is 0.459 e. The van der Waals surface area contributed by atoms with E-state index in [9.17, 15) is 9.59 Å². The van der Waals surface area contributed by atoms with Crippen LogP contribution in [0, 0.1) is 0 Å². The Bertz CT molecular complexity index is 890. The molecule has 0 bridgehead atoms. The quantitative estimate of drug-likeness (QED) is 0.513. The molecule has 0 saturated heterocycles. The molecule has 3 rings (SSSR count). The number of hydrogen-bond acceptors (Lipinski definition) is 4. The zero-order chi connectivity index (χ0) is 20.3. The van der Waals surface area contributed by atoms with E-state index in [-0.39, 0.29) is 17.6 Å². The molecule has 0 aliphatic rings. The summed E-state index contributed by atoms with van der Waals surface area (Å²) in [7, 11) is 0. The summed E-state index contributed by atoms with van der Waals surface area (Å²) in [5.74, 6) is -0.254. The van der Waals surface area contributed by atoms with Crippen molar-refractivity contribution < 1.29 is 18.7 Å². The Morgan fingerprint density at radius 2 is 1.66 bits per heavy atom. The lowest BCUT2D eigenvalue weighted by Gasteiger charge is -2.08. The van der Waals surface area contributed by atoms with Crippen LogP contribution in [0.25, 0.3) is 0 Å². The fourth-order valence-electron chi connectivity index (χ4n) is 2.72. The van der Waals surface area contributed by atoms with Crippen molar-refractivity contribution in [1.29, 1.82) is 0 Å². The van der Waals surface area contributed by atoms with Gasteiger partial charge < -0.3 is 19.8 Å². The molecule has 0 aliphatic heterocycles. The first kappa shape index (κ1) is 20.4. The molecule has 0 spiro atoms. The van der Waals surface area contributed by atoms with Crippen molar-refractivity contribution >= 4 is 17.5 Å². The molecule has 1 heterocycles. The molecule has 6 heteroatoms. The second-order valence-electron chi connectivity index (χ2n) is 6.47. The van der Waals surface area contributed by atoms with E-state index in [0.29, 0.717) is 31.0 Å². The fraction of sp³-hybridized carbons (Fsp3) is 0.217. The van der Waals surface area contributed by atoms with Crippen molar-refractivity contribution in [1.82, 2.24) is 5.32 Å². The predicted molar refractivity (Wildman–Crippen MR) is 111 cm³/mol. The lowest BCUT2D eigenvalue weighted by atomic mass is 10.2. The third kappa shape index (κ3) is 6.62. The SMILES string of the molecule is O=C(NCCCOCCc1ccccc1)c1ccc(NC(=O)c2ccco2)cc1. The van der Waals surface area contributed by atoms with Gasteiger partial charge in [-0.25, -0.2) is 0 Å². The summed E-state index contributed by atoms with van der Waals surface area (Å²) in [6.45, 7) is 1.81. The van der Waals surface area contributed by atoms with Gasteiger partial charge in [0.05, 0.1) is 12.9 Å². The number of rotatable bonds is 10. The molecular weight excluding hydrogens is 368 g/mol. The first-order valence-electron chi connectivity index (χ1n) is 9.57. The lowest BCUT2D eigenvalue weighted by molar-refractivity contribution is 0.0941. The fourth-order valence-corrected chi connectivity index (χ4v) is 2.72. The number of furan rings is 1. The van der Waals surface area contributed by atoms with Gasteiger partial charge in [-0.2, -0.15) is 0 Å². The van der Waals surface area contributed by atoms with E-state index in [1.54, 1.807) is 36.4 Å². The molecule has 0 fully saturated rings. The maximum Gasteiger partial charge on any atom is 0.291 e. The smallest absolute Gasteiger partial charge is 0.291 e. The summed E-state index contributed by atoms with van der Waals surface area (Å²) in [6.07, 6.45) is 3.07. The first-order chi connectivity index (χ1) is 14.2. The van der Waals surface area contributed by atoms with Crippen LogP contribution < -0.4 is 10.6 Å². The van der Waals surface area contributed by atoms with E-state index in [1.807, 2.05) is 18.2 Å². The number of ether oxygens (including phenoxy) is 1. The molecule has 0 unspecified atom stereocenters. The molecule has 29 heavy (non-hydrogen) atoms. The monoisotopic (exact) mass is 392 g/mol. The number of hydrogen-bond donors (Lipinski definition) is 2. The Morgan fingerprint density at radius 3 is 2.38 bits per heavy atom. The number of amides is 2. The number of carbonyl (C=O) groups excluding carboxylic acids is 2. The van der Waals surface area contributed by atoms with Crippen molar-refractivity contribution in [3.63, 3.8) is 0 Å². The zero-order valence-corrected chi connectivity index (χ0v) is 16.1. The van der Waals surface area contributed by atoms with Gasteiger partial charge in [0.1, 0.15) is 0 Å². The van der Waals surface area contributed by atoms with Gasteiger partial charge >= 0.3 is 0 Å². The van der Waals surface area contributed by atoms with Crippen LogP contribution in [-0.4, -0.2) is 31.6 Å². The number of carbonyl (C=O) groups is 2. The lowest BCUT2D eigenvalue weighted by Crippen LogP contribution is -2.25. The minimum atomic E-state index is -0.334. The second kappa shape index (κ2) is 10.8. The molecule has 0 aliphatic carbocycles. The normalized spacial score (nSPS) is 10.5. The summed E-state index contributed by atoms with van der Waals surface area (Å²) in [4.78, 5) is 24.1. The van der Waals surface area contributed by atoms with Gasteiger partial charge in [-0.1, -0.05) is 30.3 Å². The van der Waals surface area contributed by atoms with E-state index in [4.69, 9.17) is 9.15 Å². The van der Waals surface area contributed by atoms with Gasteiger partial charge in [-0.3, -0.25) is 9.59 Å². The van der Waals surface area contributed by atoms with Gasteiger partial charge in [0.2, 0.25) is 0 Å². The molecule has 3 aromatic rings. The summed E-state index contributed by atoms with van der Waals surface area (Å²) < 4.78 is 10.7. The van der Waals surface area contributed by atoms with Crippen LogP contribution in [0.5, 0.6) is 0 Å². The van der Waals surface area contributed by atoms with Crippen molar-refractivity contribution in [2.75, 3.05) is 25.1 Å². The third-order valence-electron chi connectivity index (χ3n) is 4.28. The minimum Gasteiger partial charge on any atom is -0.459 e. The number of nitrogens with one attached hydrogen (secondary N) is 2. The third-order valence-corrected chi connectivity index (χ3v) is 4.28. The summed E-state index contributed by atoms with van der Waals surface area (Å²) in [5, 5.41) is 5.58. The molecule has 2 aromatic carbocycles. The van der Waals surface area contributed by atoms with Crippen molar-refractivity contribution in [2.45, 2.75) is 12.8 Å². The molecule has 150 valence electrons. The van der Waals surface area contributed by atoms with Crippen LogP contribution in [0.3, 0.4) is 0 Å². The Balaban J connectivity index is 1.31. The Labute approximate surface area is 169 Å². The van der Waals surface area contributed by atoms with Crippen LogP contribution in [0.4, 0.5) is 5.69 Å². The van der Waals surface area contributed by atoms with Crippen LogP contribution in [0.15, 0.2) is 77.4 Å². The average Bonchev–Trinajstić information content (AvgIpc) is 3.29. The van der Waals surface area contributed by atoms with Crippen LogP contribution in [0.1, 0.15) is 32.9 Å². The second-order valence-corrected chi connectivity index (χ2v) is 6.47. The van der Waals surface area contributed by atoms with E-state index < -0.39 is 0 Å². The summed E-state index contributed by atoms with van der Waals surface area (Å²) >= 11 is 0. The first-order valence-corrected chi connectivity index (χ1v) is 9.57. The molecule has 6 nitrogen and oxygen atoms in total. The summed E-state index contributed by atoms with van der Waals surface area (Å²) in [6, 6.07) is 20.1. The van der Waals surface area contributed by atoms with Gasteiger partial charge in [0.25, 0.3) is 11.8 Å². The average molecular weight is 392 g/mol. The van der Waals surface area contributed by atoms with Crippen LogP contribution in [0.2, 0.25) is 0 Å². The van der Waals surface area contributed by atoms with E-state index in [1.165, 1.54) is 11.8 Å². The van der Waals surface area contributed by atoms with Gasteiger partial charge in [0.15, 0.2) is 5.76 Å². The van der Waals surface area contributed by atoms with Crippen molar-refractivity contribution in [2.24, 2.45) is 0 Å². The Kier molecular flexibility index (Phi) is 7.60. The molecule has 2 amide bonds. The number of anilines is 1. The molecule has 2 N–H and O–H groups in total. The molecular formula is C23H24N2O4. The van der Waals surface area contributed by atoms with Crippen LogP contribution >= 0.6 is 0 Å². The predicted octanol–water partition coefficient (Wildman–Crippen LogP) is 3.91. The van der Waals surface area contributed by atoms with Gasteiger partial charge in [-0.15, -0.1) is 0 Å². The molecule has 0 radical (unpaired) electrons. The zero-order valence-electron chi connectivity index (χ0n) is 16.1. The van der Waals surface area contributed by atoms with Gasteiger partial charge in [0, 0.05) is 24.4 Å². The maximum absolute atomic E-state index is 12.2. The molecule has 0 saturated carbocycles. The van der Waals surface area contributed by atoms with Gasteiger partial charge in [-0.05, 0) is 54.8 Å². The minimum absolute atomic E-state index is 0.154. The van der Waals surface area contributed by atoms with Crippen LogP contribution in [-0.2, 0) is 11.2 Å². The topological polar surface area (TPSA) is 80.6 Å². The highest BCUT2D eigenvalue weighted by Crippen LogP contribution is 2.12. The highest BCUT2D eigenvalue weighted by Gasteiger charge is 2.09.